The molecule has 0 fully saturated rings. The molecule has 0 amide bonds. The van der Waals surface area contributed by atoms with E-state index in [1.807, 2.05) is 13.1 Å². The van der Waals surface area contributed by atoms with Gasteiger partial charge in [-0.1, -0.05) is 6.58 Å². The second-order valence-electron chi connectivity index (χ2n) is 2.68. The maximum Gasteiger partial charge on any atom is 0.237 e. The van der Waals surface area contributed by atoms with Crippen LogP contribution in [0.1, 0.15) is 5.69 Å². The number of aliphatic imine (C=N–C) groups is 1. The second-order valence-corrected chi connectivity index (χ2v) is 2.68. The Bertz CT molecular complexity index is 376. The van der Waals surface area contributed by atoms with Gasteiger partial charge in [0.15, 0.2) is 0 Å². The lowest BCUT2D eigenvalue weighted by molar-refractivity contribution is 0.290. The molecule has 1 aromatic rings. The van der Waals surface area contributed by atoms with Crippen LogP contribution in [-0.4, -0.2) is 23.4 Å². The molecule has 0 N–H and O–H groups in total. The first-order valence-corrected chi connectivity index (χ1v) is 4.11. The monoisotopic (exact) mass is 191 g/mol. The molecule has 0 aromatic carbocycles. The van der Waals surface area contributed by atoms with Gasteiger partial charge in [0.2, 0.25) is 5.88 Å². The van der Waals surface area contributed by atoms with Crippen LogP contribution in [0.4, 0.5) is 0 Å². The van der Waals surface area contributed by atoms with E-state index < -0.39 is 0 Å². The number of ether oxygens (including phenoxy) is 1. The van der Waals surface area contributed by atoms with E-state index in [4.69, 9.17) is 4.74 Å². The second kappa shape index (κ2) is 4.41. The molecule has 0 bridgehead atoms. The number of aromatic nitrogens is 2. The maximum atomic E-state index is 5.05. The van der Waals surface area contributed by atoms with E-state index in [1.165, 1.54) is 7.11 Å². The predicted molar refractivity (Wildman–Crippen MR) is 56.9 cm³/mol. The van der Waals surface area contributed by atoms with Crippen molar-refractivity contribution in [3.8, 4) is 0 Å². The summed E-state index contributed by atoms with van der Waals surface area (Å²) in [6.07, 6.45) is 5.19. The van der Waals surface area contributed by atoms with Crippen molar-refractivity contribution in [1.82, 2.24) is 9.55 Å². The van der Waals surface area contributed by atoms with Crippen LogP contribution in [0, 0.1) is 6.92 Å². The van der Waals surface area contributed by atoms with Gasteiger partial charge < -0.3 is 9.30 Å². The highest BCUT2D eigenvalue weighted by Gasteiger charge is 2.04. The van der Waals surface area contributed by atoms with Crippen LogP contribution in [0.25, 0.3) is 5.70 Å². The smallest absolute Gasteiger partial charge is 0.237 e. The fraction of sp³-hybridized carbons (Fsp3) is 0.200. The third-order valence-corrected chi connectivity index (χ3v) is 1.74. The van der Waals surface area contributed by atoms with Gasteiger partial charge >= 0.3 is 0 Å². The summed E-state index contributed by atoms with van der Waals surface area (Å²) in [5.74, 6) is 0.428. The summed E-state index contributed by atoms with van der Waals surface area (Å²) in [4.78, 5) is 7.85. The normalized spacial score (nSPS) is 11.9. The summed E-state index contributed by atoms with van der Waals surface area (Å²) in [7, 11) is 1.54. The van der Waals surface area contributed by atoms with Crippen LogP contribution in [0.15, 0.2) is 36.1 Å². The summed E-state index contributed by atoms with van der Waals surface area (Å²) >= 11 is 0. The van der Waals surface area contributed by atoms with E-state index in [0.29, 0.717) is 5.88 Å². The summed E-state index contributed by atoms with van der Waals surface area (Å²) in [6, 6.07) is 0. The van der Waals surface area contributed by atoms with Crippen molar-refractivity contribution in [2.45, 2.75) is 6.92 Å². The Morgan fingerprint density at radius 1 is 1.71 bits per heavy atom. The maximum absolute atomic E-state index is 5.05. The standard InChI is InChI=1S/C10H13N3O/c1-5-9(10(11-3)14-4)13-6-8(2)12-7-13/h5-7H,1,3H2,2,4H3. The Morgan fingerprint density at radius 2 is 2.43 bits per heavy atom. The number of nitrogens with zero attached hydrogens (tertiary/aromatic N) is 3. The molecule has 0 aliphatic rings. The summed E-state index contributed by atoms with van der Waals surface area (Å²) in [5.41, 5.74) is 1.65. The van der Waals surface area contributed by atoms with Gasteiger partial charge in [0, 0.05) is 6.20 Å². The quantitative estimate of drug-likeness (QED) is 0.414. The molecule has 1 heterocycles. The molecule has 1 aromatic heterocycles. The van der Waals surface area contributed by atoms with Crippen LogP contribution in [-0.2, 0) is 4.74 Å². The zero-order chi connectivity index (χ0) is 10.6. The highest BCUT2D eigenvalue weighted by molar-refractivity contribution is 5.59. The van der Waals surface area contributed by atoms with E-state index in [-0.39, 0.29) is 0 Å². The Balaban J connectivity index is 3.20. The largest absolute Gasteiger partial charge is 0.480 e. The molecule has 0 aliphatic carbocycles. The minimum atomic E-state index is 0.428. The van der Waals surface area contributed by atoms with Crippen molar-refractivity contribution >= 4 is 12.4 Å². The molecular weight excluding hydrogens is 178 g/mol. The topological polar surface area (TPSA) is 39.4 Å². The summed E-state index contributed by atoms with van der Waals surface area (Å²) < 4.78 is 6.83. The zero-order valence-electron chi connectivity index (χ0n) is 8.40. The van der Waals surface area contributed by atoms with Gasteiger partial charge in [-0.05, 0) is 19.7 Å². The van der Waals surface area contributed by atoms with Crippen molar-refractivity contribution in [2.75, 3.05) is 7.11 Å². The summed E-state index contributed by atoms with van der Waals surface area (Å²) in [6.45, 7) is 9.02. The minimum Gasteiger partial charge on any atom is -0.480 e. The van der Waals surface area contributed by atoms with Gasteiger partial charge in [-0.3, -0.25) is 0 Å². The number of imidazole rings is 1. The van der Waals surface area contributed by atoms with Crippen molar-refractivity contribution in [3.05, 3.63) is 36.8 Å². The van der Waals surface area contributed by atoms with Gasteiger partial charge in [-0.25, -0.2) is 9.98 Å². The first kappa shape index (κ1) is 10.2. The van der Waals surface area contributed by atoms with Crippen LogP contribution in [0.5, 0.6) is 0 Å². The van der Waals surface area contributed by atoms with Crippen LogP contribution in [0.3, 0.4) is 0 Å². The van der Waals surface area contributed by atoms with Gasteiger partial charge in [0.25, 0.3) is 0 Å². The van der Waals surface area contributed by atoms with Crippen molar-refractivity contribution in [3.63, 3.8) is 0 Å². The van der Waals surface area contributed by atoms with E-state index >= 15 is 0 Å². The molecule has 0 spiro atoms. The molecule has 0 saturated carbocycles. The van der Waals surface area contributed by atoms with Crippen LogP contribution < -0.4 is 0 Å². The van der Waals surface area contributed by atoms with E-state index in [1.54, 1.807) is 17.0 Å². The third kappa shape index (κ3) is 1.90. The van der Waals surface area contributed by atoms with Crippen LogP contribution in [0.2, 0.25) is 0 Å². The highest BCUT2D eigenvalue weighted by Crippen LogP contribution is 2.14. The first-order valence-electron chi connectivity index (χ1n) is 4.11. The Labute approximate surface area is 83.3 Å². The number of hydrogen-bond donors (Lipinski definition) is 0. The zero-order valence-corrected chi connectivity index (χ0v) is 8.40. The van der Waals surface area contributed by atoms with Crippen molar-refractivity contribution in [1.29, 1.82) is 0 Å². The molecule has 0 atom stereocenters. The Hall–Kier alpha value is -1.84. The molecule has 74 valence electrons. The molecule has 0 unspecified atom stereocenters. The molecule has 0 saturated heterocycles. The molecule has 4 heteroatoms. The average Bonchev–Trinajstić information content (AvgIpc) is 2.60. The van der Waals surface area contributed by atoms with E-state index in [2.05, 4.69) is 23.3 Å². The molecule has 4 nitrogen and oxygen atoms in total. The average molecular weight is 191 g/mol. The lowest BCUT2D eigenvalue weighted by atomic mass is 10.4. The Morgan fingerprint density at radius 3 is 2.79 bits per heavy atom. The van der Waals surface area contributed by atoms with Crippen LogP contribution >= 0.6 is 0 Å². The lowest BCUT2D eigenvalue weighted by Gasteiger charge is -2.06. The number of aryl methyl sites for hydroxylation is 1. The van der Waals surface area contributed by atoms with Gasteiger partial charge in [-0.15, -0.1) is 0 Å². The molecular formula is C10H13N3O. The third-order valence-electron chi connectivity index (χ3n) is 1.74. The molecule has 0 radical (unpaired) electrons. The fourth-order valence-electron chi connectivity index (χ4n) is 1.11. The van der Waals surface area contributed by atoms with Gasteiger partial charge in [0.1, 0.15) is 5.70 Å². The van der Waals surface area contributed by atoms with Crippen molar-refractivity contribution < 1.29 is 4.74 Å². The van der Waals surface area contributed by atoms with Crippen molar-refractivity contribution in [2.24, 2.45) is 4.99 Å². The SMILES string of the molecule is C=CC(=C(N=C)OC)n1cnc(C)c1. The fourth-order valence-corrected chi connectivity index (χ4v) is 1.11. The molecule has 1 rings (SSSR count). The first-order chi connectivity index (χ1) is 6.72. The minimum absolute atomic E-state index is 0.428. The number of rotatable bonds is 4. The van der Waals surface area contributed by atoms with E-state index in [0.717, 1.165) is 11.4 Å². The number of hydrogen-bond acceptors (Lipinski definition) is 3. The molecule has 0 aliphatic heterocycles. The predicted octanol–water partition coefficient (Wildman–Crippen LogP) is 1.85. The van der Waals surface area contributed by atoms with E-state index in [9.17, 15) is 0 Å². The molecule has 14 heavy (non-hydrogen) atoms. The van der Waals surface area contributed by atoms with Gasteiger partial charge in [-0.2, -0.15) is 0 Å². The lowest BCUT2D eigenvalue weighted by Crippen LogP contribution is -1.96. The summed E-state index contributed by atoms with van der Waals surface area (Å²) in [5, 5.41) is 0. The van der Waals surface area contributed by atoms with Gasteiger partial charge in [0.05, 0.1) is 19.1 Å². The number of methoxy groups -OCH3 is 1. The Kier molecular flexibility index (Phi) is 3.23. The number of allylic oxidation sites excluding steroid dienone is 2. The highest BCUT2D eigenvalue weighted by atomic mass is 16.5.